The summed E-state index contributed by atoms with van der Waals surface area (Å²) >= 11 is 5.48. The Morgan fingerprint density at radius 1 is 1.40 bits per heavy atom. The summed E-state index contributed by atoms with van der Waals surface area (Å²) in [5.74, 6) is 0. The molecule has 2 atom stereocenters. The van der Waals surface area contributed by atoms with E-state index in [4.69, 9.17) is 0 Å². The van der Waals surface area contributed by atoms with Crippen LogP contribution >= 0.6 is 27.3 Å². The number of rotatable bonds is 6. The van der Waals surface area contributed by atoms with Crippen LogP contribution in [0.3, 0.4) is 0 Å². The fourth-order valence-corrected chi connectivity index (χ4v) is 4.43. The molecule has 1 fully saturated rings. The Balaban J connectivity index is 2.05. The van der Waals surface area contributed by atoms with Gasteiger partial charge in [0.2, 0.25) is 0 Å². The van der Waals surface area contributed by atoms with Gasteiger partial charge in [-0.05, 0) is 60.4 Å². The van der Waals surface area contributed by atoms with Crippen LogP contribution in [-0.4, -0.2) is 56.1 Å². The van der Waals surface area contributed by atoms with Crippen molar-refractivity contribution in [1.82, 2.24) is 15.1 Å². The molecule has 0 saturated carbocycles. The van der Waals surface area contributed by atoms with Gasteiger partial charge in [0.05, 0.1) is 0 Å². The van der Waals surface area contributed by atoms with Crippen molar-refractivity contribution in [3.8, 4) is 0 Å². The largest absolute Gasteiger partial charge is 0.310 e. The lowest BCUT2D eigenvalue weighted by Crippen LogP contribution is -2.51. The molecule has 0 radical (unpaired) electrons. The molecule has 0 amide bonds. The molecule has 2 rings (SSSR count). The molecule has 1 aromatic rings. The normalized spacial score (nSPS) is 23.1. The average molecular weight is 360 g/mol. The van der Waals surface area contributed by atoms with Crippen LogP contribution in [0.4, 0.5) is 0 Å². The maximum Gasteiger partial charge on any atom is 0.0355 e. The third kappa shape index (κ3) is 4.28. The molecule has 20 heavy (non-hydrogen) atoms. The van der Waals surface area contributed by atoms with E-state index in [1.54, 1.807) is 11.3 Å². The van der Waals surface area contributed by atoms with Crippen molar-refractivity contribution in [2.24, 2.45) is 0 Å². The maximum atomic E-state index is 3.73. The van der Waals surface area contributed by atoms with Crippen molar-refractivity contribution < 1.29 is 0 Å². The number of nitrogens with one attached hydrogen (secondary N) is 1. The van der Waals surface area contributed by atoms with Crippen LogP contribution in [0.2, 0.25) is 0 Å². The lowest BCUT2D eigenvalue weighted by molar-refractivity contribution is 0.101. The number of piperazine rings is 1. The third-order valence-electron chi connectivity index (χ3n) is 4.15. The lowest BCUT2D eigenvalue weighted by Gasteiger charge is -2.39. The first kappa shape index (κ1) is 16.4. The zero-order valence-electron chi connectivity index (χ0n) is 12.7. The van der Waals surface area contributed by atoms with Gasteiger partial charge < -0.3 is 15.1 Å². The zero-order chi connectivity index (χ0) is 14.5. The molecule has 5 heteroatoms. The van der Waals surface area contributed by atoms with Gasteiger partial charge in [0.25, 0.3) is 0 Å². The molecular formula is C15H26BrN3S. The number of hydrogen-bond acceptors (Lipinski definition) is 4. The van der Waals surface area contributed by atoms with Crippen molar-refractivity contribution in [3.63, 3.8) is 0 Å². The highest BCUT2D eigenvalue weighted by Crippen LogP contribution is 2.31. The van der Waals surface area contributed by atoms with E-state index in [9.17, 15) is 0 Å². The molecule has 2 unspecified atom stereocenters. The second kappa shape index (κ2) is 7.90. The number of nitrogens with zero attached hydrogens (tertiary/aromatic N) is 2. The molecule has 0 aliphatic carbocycles. The minimum atomic E-state index is 0.453. The van der Waals surface area contributed by atoms with E-state index in [2.05, 4.69) is 62.8 Å². The summed E-state index contributed by atoms with van der Waals surface area (Å²) in [5, 5.41) is 8.20. The van der Waals surface area contributed by atoms with Crippen molar-refractivity contribution >= 4 is 27.3 Å². The van der Waals surface area contributed by atoms with E-state index < -0.39 is 0 Å². The van der Waals surface area contributed by atoms with E-state index >= 15 is 0 Å². The summed E-state index contributed by atoms with van der Waals surface area (Å²) in [6, 6.07) is 1.09. The fourth-order valence-electron chi connectivity index (χ4n) is 2.81. The molecule has 1 aromatic heterocycles. The van der Waals surface area contributed by atoms with E-state index in [-0.39, 0.29) is 0 Å². The summed E-state index contributed by atoms with van der Waals surface area (Å²) < 4.78 is 1.25. The molecule has 2 heterocycles. The number of likely N-dealkylation sites (N-methyl/N-ethyl adjacent to an activating group) is 2. The van der Waals surface area contributed by atoms with Crippen molar-refractivity contribution in [2.75, 3.05) is 40.3 Å². The maximum absolute atomic E-state index is 3.73. The van der Waals surface area contributed by atoms with Gasteiger partial charge in [0.15, 0.2) is 0 Å². The van der Waals surface area contributed by atoms with Gasteiger partial charge in [-0.15, -0.1) is 0 Å². The molecule has 1 aliphatic rings. The summed E-state index contributed by atoms with van der Waals surface area (Å²) in [6.45, 7) is 6.84. The summed E-state index contributed by atoms with van der Waals surface area (Å²) in [6.07, 6.45) is 2.36. The first-order chi connectivity index (χ1) is 9.61. The molecule has 0 spiro atoms. The molecule has 1 aliphatic heterocycles. The zero-order valence-corrected chi connectivity index (χ0v) is 15.1. The van der Waals surface area contributed by atoms with E-state index in [0.29, 0.717) is 12.1 Å². The summed E-state index contributed by atoms with van der Waals surface area (Å²) in [5.41, 5.74) is 1.42. The Bertz CT molecular complexity index is 410. The highest BCUT2D eigenvalue weighted by atomic mass is 79.9. The minimum Gasteiger partial charge on any atom is -0.310 e. The van der Waals surface area contributed by atoms with Crippen molar-refractivity contribution in [3.05, 3.63) is 20.8 Å². The van der Waals surface area contributed by atoms with Gasteiger partial charge in [-0.2, -0.15) is 11.3 Å². The van der Waals surface area contributed by atoms with E-state index in [1.165, 1.54) is 42.5 Å². The lowest BCUT2D eigenvalue weighted by atomic mass is 9.99. The standard InChI is InChI=1S/C15H26BrN3S/c1-4-5-17-15(13-10-20-11-14(13)16)8-12-9-18(2)6-7-19(12)3/h10-12,15,17H,4-9H2,1-3H3. The molecule has 1 saturated heterocycles. The Morgan fingerprint density at radius 2 is 2.20 bits per heavy atom. The second-order valence-corrected chi connectivity index (χ2v) is 7.41. The molecular weight excluding hydrogens is 334 g/mol. The van der Waals surface area contributed by atoms with E-state index in [0.717, 1.165) is 6.54 Å². The highest BCUT2D eigenvalue weighted by Gasteiger charge is 2.26. The van der Waals surface area contributed by atoms with Crippen LogP contribution < -0.4 is 5.32 Å². The van der Waals surface area contributed by atoms with Gasteiger partial charge in [-0.1, -0.05) is 6.92 Å². The smallest absolute Gasteiger partial charge is 0.0355 e. The minimum absolute atomic E-state index is 0.453. The SMILES string of the molecule is CCCNC(CC1CN(C)CCN1C)c1cscc1Br. The number of hydrogen-bond donors (Lipinski definition) is 1. The Morgan fingerprint density at radius 3 is 2.85 bits per heavy atom. The molecule has 1 N–H and O–H groups in total. The summed E-state index contributed by atoms with van der Waals surface area (Å²) in [7, 11) is 4.49. The fraction of sp³-hybridized carbons (Fsp3) is 0.733. The number of thiophene rings is 1. The van der Waals surface area contributed by atoms with Crippen molar-refractivity contribution in [2.45, 2.75) is 31.8 Å². The average Bonchev–Trinajstić information content (AvgIpc) is 2.84. The van der Waals surface area contributed by atoms with Crippen LogP contribution in [0.5, 0.6) is 0 Å². The van der Waals surface area contributed by atoms with Gasteiger partial charge in [-0.3, -0.25) is 0 Å². The van der Waals surface area contributed by atoms with Gasteiger partial charge in [0, 0.05) is 41.6 Å². The topological polar surface area (TPSA) is 18.5 Å². The van der Waals surface area contributed by atoms with Crippen LogP contribution in [0.1, 0.15) is 31.4 Å². The Kier molecular flexibility index (Phi) is 6.49. The monoisotopic (exact) mass is 359 g/mol. The van der Waals surface area contributed by atoms with Crippen molar-refractivity contribution in [1.29, 1.82) is 0 Å². The summed E-state index contributed by atoms with van der Waals surface area (Å²) in [4.78, 5) is 4.96. The third-order valence-corrected chi connectivity index (χ3v) is 5.90. The first-order valence-corrected chi connectivity index (χ1v) is 9.19. The van der Waals surface area contributed by atoms with Gasteiger partial charge >= 0.3 is 0 Å². The predicted octanol–water partition coefficient (Wildman–Crippen LogP) is 3.19. The van der Waals surface area contributed by atoms with Gasteiger partial charge in [0.1, 0.15) is 0 Å². The Labute approximate surface area is 135 Å². The molecule has 0 bridgehead atoms. The highest BCUT2D eigenvalue weighted by molar-refractivity contribution is 9.10. The second-order valence-electron chi connectivity index (χ2n) is 5.81. The predicted molar refractivity (Wildman–Crippen MR) is 91.6 cm³/mol. The van der Waals surface area contributed by atoms with Crippen LogP contribution in [0.15, 0.2) is 15.2 Å². The first-order valence-electron chi connectivity index (χ1n) is 7.45. The van der Waals surface area contributed by atoms with Crippen LogP contribution in [0, 0.1) is 0 Å². The van der Waals surface area contributed by atoms with Crippen LogP contribution in [0.25, 0.3) is 0 Å². The van der Waals surface area contributed by atoms with E-state index in [1.807, 2.05) is 0 Å². The number of halogens is 1. The Hall–Kier alpha value is 0.0600. The quantitative estimate of drug-likeness (QED) is 0.841. The molecule has 114 valence electrons. The van der Waals surface area contributed by atoms with Crippen LogP contribution in [-0.2, 0) is 0 Å². The molecule has 3 nitrogen and oxygen atoms in total. The molecule has 0 aromatic carbocycles. The van der Waals surface area contributed by atoms with Gasteiger partial charge in [-0.25, -0.2) is 0 Å².